The van der Waals surface area contributed by atoms with Crippen LogP contribution in [0.2, 0.25) is 0 Å². The van der Waals surface area contributed by atoms with Gasteiger partial charge in [-0.05, 0) is 49.9 Å². The van der Waals surface area contributed by atoms with Crippen LogP contribution in [0.4, 0.5) is 0 Å². The summed E-state index contributed by atoms with van der Waals surface area (Å²) in [6.45, 7) is 3.70. The fraction of sp³-hybridized carbons (Fsp3) is 0.379. The van der Waals surface area contributed by atoms with Gasteiger partial charge in [0.05, 0.1) is 21.3 Å². The third kappa shape index (κ3) is 7.10. The number of carbonyl (C=O) groups excluding carboxylic acids is 3. The molecule has 11 nitrogen and oxygen atoms in total. The smallest absolute Gasteiger partial charge is 0.342 e. The van der Waals surface area contributed by atoms with Gasteiger partial charge in [-0.1, -0.05) is 17.7 Å². The summed E-state index contributed by atoms with van der Waals surface area (Å²) in [5.74, 6) is -1.57. The van der Waals surface area contributed by atoms with Crippen LogP contribution < -0.4 is 24.3 Å². The molecule has 0 aliphatic carbocycles. The van der Waals surface area contributed by atoms with E-state index in [0.29, 0.717) is 40.4 Å². The molecule has 1 heterocycles. The number of amides is 1. The van der Waals surface area contributed by atoms with E-state index >= 15 is 0 Å². The monoisotopic (exact) mass is 555 g/mol. The number of benzene rings is 2. The van der Waals surface area contributed by atoms with Crippen LogP contribution in [0.1, 0.15) is 58.8 Å². The van der Waals surface area contributed by atoms with Gasteiger partial charge in [-0.2, -0.15) is 0 Å². The predicted molar refractivity (Wildman–Crippen MR) is 143 cm³/mol. The number of aliphatic carboxylic acids is 1. The Morgan fingerprint density at radius 1 is 1.05 bits per heavy atom. The maximum absolute atomic E-state index is 12.9. The van der Waals surface area contributed by atoms with E-state index in [9.17, 15) is 19.2 Å². The molecule has 0 unspecified atom stereocenters. The van der Waals surface area contributed by atoms with E-state index in [4.69, 9.17) is 28.8 Å². The lowest BCUT2D eigenvalue weighted by Gasteiger charge is -2.19. The van der Waals surface area contributed by atoms with Crippen LogP contribution in [0, 0.1) is 6.92 Å². The van der Waals surface area contributed by atoms with Crippen LogP contribution in [0.5, 0.6) is 23.0 Å². The average molecular weight is 556 g/mol. The highest BCUT2D eigenvalue weighted by molar-refractivity contribution is 6.00. The Kier molecular flexibility index (Phi) is 10.1. The van der Waals surface area contributed by atoms with Crippen LogP contribution in [-0.4, -0.2) is 50.3 Å². The normalized spacial score (nSPS) is 12.3. The zero-order chi connectivity index (χ0) is 29.4. The van der Waals surface area contributed by atoms with Gasteiger partial charge in [0.2, 0.25) is 5.91 Å². The number of hydrogen-bond acceptors (Lipinski definition) is 9. The first-order chi connectivity index (χ1) is 19.1. The Balaban J connectivity index is 1.81. The molecule has 0 spiro atoms. The molecule has 2 N–H and O–H groups in total. The number of cyclic esters (lactones) is 1. The molecule has 214 valence electrons. The summed E-state index contributed by atoms with van der Waals surface area (Å²) in [5.41, 5.74) is 3.28. The number of rotatable bonds is 13. The summed E-state index contributed by atoms with van der Waals surface area (Å²) in [7, 11) is 4.49. The summed E-state index contributed by atoms with van der Waals surface area (Å²) in [6, 6.07) is 5.17. The van der Waals surface area contributed by atoms with Crippen LogP contribution in [-0.2, 0) is 38.7 Å². The maximum Gasteiger partial charge on any atom is 0.342 e. The number of carboxylic acids is 1. The number of hydrogen-bond donors (Lipinski definition) is 2. The molecule has 3 rings (SSSR count). The molecule has 2 aromatic rings. The van der Waals surface area contributed by atoms with Crippen molar-refractivity contribution in [1.82, 2.24) is 5.32 Å². The lowest BCUT2D eigenvalue weighted by atomic mass is 9.94. The number of carboxylic acid groups (broad SMARTS) is 1. The first-order valence-electron chi connectivity index (χ1n) is 12.5. The molecule has 1 aliphatic rings. The molecule has 11 heteroatoms. The second-order valence-electron chi connectivity index (χ2n) is 9.16. The molecule has 0 radical (unpaired) electrons. The molecule has 2 aromatic carbocycles. The van der Waals surface area contributed by atoms with E-state index in [2.05, 4.69) is 5.32 Å². The number of nitrogens with one attached hydrogen (secondary N) is 1. The first kappa shape index (κ1) is 30.0. The van der Waals surface area contributed by atoms with Crippen molar-refractivity contribution in [3.8, 4) is 23.0 Å². The fourth-order valence-electron chi connectivity index (χ4n) is 4.34. The number of esters is 2. The minimum absolute atomic E-state index is 0.000475. The standard InChI is InChI=1S/C29H33NO10/c1-16(7-11-24(32)33)6-9-19-27(38-5)17(2)20-15-39-29(35)26(20)28(19)40-25(34)13-23(31)30-14-18-8-10-21(36-3)22(12-18)37-4/h6,8,10,12H,7,9,11,13-15H2,1-5H3,(H,30,31)(H,32,33). The Labute approximate surface area is 232 Å². The topological polar surface area (TPSA) is 147 Å². The number of allylic oxidation sites excluding steroid dienone is 2. The highest BCUT2D eigenvalue weighted by atomic mass is 16.6. The third-order valence-corrected chi connectivity index (χ3v) is 6.47. The van der Waals surface area contributed by atoms with Crippen LogP contribution in [0.15, 0.2) is 29.8 Å². The van der Waals surface area contributed by atoms with E-state index in [1.807, 2.05) is 0 Å². The molecule has 0 aromatic heterocycles. The largest absolute Gasteiger partial charge is 0.496 e. The molecule has 0 saturated heterocycles. The van der Waals surface area contributed by atoms with Crippen LogP contribution in [0.25, 0.3) is 0 Å². The third-order valence-electron chi connectivity index (χ3n) is 6.47. The summed E-state index contributed by atoms with van der Waals surface area (Å²) in [6.07, 6.45) is 1.69. The molecule has 1 amide bonds. The Hall–Kier alpha value is -4.54. The summed E-state index contributed by atoms with van der Waals surface area (Å²) in [4.78, 5) is 49.0. The Morgan fingerprint density at radius 3 is 2.42 bits per heavy atom. The molecule has 0 bridgehead atoms. The second kappa shape index (κ2) is 13.5. The van der Waals surface area contributed by atoms with E-state index in [1.54, 1.807) is 38.1 Å². The van der Waals surface area contributed by atoms with Gasteiger partial charge in [-0.3, -0.25) is 14.4 Å². The van der Waals surface area contributed by atoms with Gasteiger partial charge in [0.15, 0.2) is 17.2 Å². The van der Waals surface area contributed by atoms with Crippen molar-refractivity contribution in [3.63, 3.8) is 0 Å². The zero-order valence-corrected chi connectivity index (χ0v) is 23.2. The van der Waals surface area contributed by atoms with Crippen molar-refractivity contribution in [2.24, 2.45) is 0 Å². The predicted octanol–water partition coefficient (Wildman–Crippen LogP) is 3.66. The van der Waals surface area contributed by atoms with Gasteiger partial charge in [-0.25, -0.2) is 4.79 Å². The van der Waals surface area contributed by atoms with Crippen molar-refractivity contribution in [2.75, 3.05) is 21.3 Å². The van der Waals surface area contributed by atoms with Crippen molar-refractivity contribution >= 4 is 23.8 Å². The minimum Gasteiger partial charge on any atom is -0.496 e. The molecular weight excluding hydrogens is 522 g/mol. The molecule has 0 atom stereocenters. The highest BCUT2D eigenvalue weighted by Crippen LogP contribution is 2.43. The van der Waals surface area contributed by atoms with Crippen LogP contribution in [0.3, 0.4) is 0 Å². The van der Waals surface area contributed by atoms with Crippen molar-refractivity contribution < 1.29 is 48.0 Å². The number of methoxy groups -OCH3 is 3. The average Bonchev–Trinajstić information content (AvgIpc) is 3.32. The number of carbonyl (C=O) groups is 4. The first-order valence-corrected chi connectivity index (χ1v) is 12.5. The van der Waals surface area contributed by atoms with Gasteiger partial charge >= 0.3 is 17.9 Å². The zero-order valence-electron chi connectivity index (χ0n) is 23.2. The molecule has 0 saturated carbocycles. The Bertz CT molecular complexity index is 1350. The van der Waals surface area contributed by atoms with Crippen LogP contribution >= 0.6 is 0 Å². The molecule has 1 aliphatic heterocycles. The molecule has 40 heavy (non-hydrogen) atoms. The quantitative estimate of drug-likeness (QED) is 0.162. The maximum atomic E-state index is 12.9. The second-order valence-corrected chi connectivity index (χ2v) is 9.16. The van der Waals surface area contributed by atoms with E-state index in [0.717, 1.165) is 11.1 Å². The summed E-state index contributed by atoms with van der Waals surface area (Å²) < 4.78 is 26.9. The van der Waals surface area contributed by atoms with Gasteiger partial charge in [0.25, 0.3) is 0 Å². The van der Waals surface area contributed by atoms with E-state index < -0.39 is 30.2 Å². The fourth-order valence-corrected chi connectivity index (χ4v) is 4.34. The van der Waals surface area contributed by atoms with Gasteiger partial charge in [0.1, 0.15) is 24.3 Å². The Morgan fingerprint density at radius 2 is 1.77 bits per heavy atom. The highest BCUT2D eigenvalue weighted by Gasteiger charge is 2.34. The summed E-state index contributed by atoms with van der Waals surface area (Å²) in [5, 5.41) is 11.6. The van der Waals surface area contributed by atoms with E-state index in [-0.39, 0.29) is 37.3 Å². The SMILES string of the molecule is COc1ccc(CNC(=O)CC(=O)Oc2c(CC=C(C)CCC(=O)O)c(OC)c(C)c3c2C(=O)OC3)cc1OC. The minimum atomic E-state index is -0.916. The number of ether oxygens (including phenoxy) is 5. The van der Waals surface area contributed by atoms with E-state index in [1.165, 1.54) is 21.3 Å². The lowest BCUT2D eigenvalue weighted by Crippen LogP contribution is -2.27. The summed E-state index contributed by atoms with van der Waals surface area (Å²) >= 11 is 0. The number of fused-ring (bicyclic) bond motifs is 1. The molecule has 0 fully saturated rings. The van der Waals surface area contributed by atoms with Crippen molar-refractivity contribution in [3.05, 3.63) is 57.7 Å². The van der Waals surface area contributed by atoms with Crippen molar-refractivity contribution in [2.45, 2.75) is 52.7 Å². The van der Waals surface area contributed by atoms with Gasteiger partial charge in [0, 0.05) is 24.1 Å². The lowest BCUT2D eigenvalue weighted by molar-refractivity contribution is -0.139. The molecular formula is C29H33NO10. The van der Waals surface area contributed by atoms with Gasteiger partial charge < -0.3 is 34.1 Å². The van der Waals surface area contributed by atoms with Crippen molar-refractivity contribution in [1.29, 1.82) is 0 Å². The van der Waals surface area contributed by atoms with Gasteiger partial charge in [-0.15, -0.1) is 0 Å².